The third-order valence-corrected chi connectivity index (χ3v) is 3.06. The van der Waals surface area contributed by atoms with Crippen molar-refractivity contribution in [2.24, 2.45) is 0 Å². The minimum atomic E-state index is -0.378. The van der Waals surface area contributed by atoms with Crippen LogP contribution in [0, 0.1) is 0 Å². The summed E-state index contributed by atoms with van der Waals surface area (Å²) in [6.07, 6.45) is 2.91. The van der Waals surface area contributed by atoms with Crippen LogP contribution in [0.1, 0.15) is 5.56 Å². The molecular formula is C16H22N2O5. The molecule has 0 atom stereocenters. The molecule has 1 rings (SSSR count). The van der Waals surface area contributed by atoms with Gasteiger partial charge in [0.15, 0.2) is 11.5 Å². The van der Waals surface area contributed by atoms with Crippen LogP contribution in [0.2, 0.25) is 0 Å². The number of carbonyl (C=O) groups is 2. The number of amides is 2. The van der Waals surface area contributed by atoms with Gasteiger partial charge in [0, 0.05) is 31.8 Å². The highest BCUT2D eigenvalue weighted by Gasteiger charge is 2.10. The molecule has 0 heterocycles. The topological polar surface area (TPSA) is 77.1 Å². The fourth-order valence-electron chi connectivity index (χ4n) is 1.73. The van der Waals surface area contributed by atoms with Gasteiger partial charge in [-0.2, -0.15) is 0 Å². The summed E-state index contributed by atoms with van der Waals surface area (Å²) in [7, 11) is 7.82. The van der Waals surface area contributed by atoms with E-state index in [-0.39, 0.29) is 18.4 Å². The Morgan fingerprint density at radius 1 is 1.04 bits per heavy atom. The lowest BCUT2D eigenvalue weighted by Gasteiger charge is -2.12. The van der Waals surface area contributed by atoms with E-state index in [2.05, 4.69) is 5.32 Å². The number of nitrogens with one attached hydrogen (secondary N) is 1. The van der Waals surface area contributed by atoms with Crippen molar-refractivity contribution in [1.29, 1.82) is 0 Å². The molecule has 0 bridgehead atoms. The zero-order valence-electron chi connectivity index (χ0n) is 14.0. The molecule has 0 aliphatic rings. The lowest BCUT2D eigenvalue weighted by Crippen LogP contribution is -2.35. The summed E-state index contributed by atoms with van der Waals surface area (Å²) in [6, 6.07) is 3.37. The Kier molecular flexibility index (Phi) is 6.92. The van der Waals surface area contributed by atoms with Gasteiger partial charge in [-0.25, -0.2) is 0 Å². The number of ether oxygens (including phenoxy) is 3. The van der Waals surface area contributed by atoms with Gasteiger partial charge in [-0.1, -0.05) is 0 Å². The molecule has 0 radical (unpaired) electrons. The van der Waals surface area contributed by atoms with Gasteiger partial charge in [0.25, 0.3) is 0 Å². The highest BCUT2D eigenvalue weighted by atomic mass is 16.5. The van der Waals surface area contributed by atoms with Crippen LogP contribution < -0.4 is 19.5 Å². The quantitative estimate of drug-likeness (QED) is 0.756. The van der Waals surface area contributed by atoms with Crippen LogP contribution in [-0.4, -0.2) is 58.7 Å². The van der Waals surface area contributed by atoms with Crippen molar-refractivity contribution in [2.45, 2.75) is 0 Å². The highest BCUT2D eigenvalue weighted by molar-refractivity contribution is 5.94. The zero-order chi connectivity index (χ0) is 17.4. The number of benzene rings is 1. The lowest BCUT2D eigenvalue weighted by molar-refractivity contribution is -0.129. The average molecular weight is 322 g/mol. The average Bonchev–Trinajstić information content (AvgIpc) is 2.56. The molecule has 1 N–H and O–H groups in total. The van der Waals surface area contributed by atoms with Gasteiger partial charge in [0.2, 0.25) is 11.8 Å². The van der Waals surface area contributed by atoms with Gasteiger partial charge in [-0.3, -0.25) is 9.59 Å². The van der Waals surface area contributed by atoms with Gasteiger partial charge >= 0.3 is 0 Å². The first-order chi connectivity index (χ1) is 10.9. The molecule has 0 aliphatic heterocycles. The Labute approximate surface area is 135 Å². The molecule has 2 amide bonds. The predicted octanol–water partition coefficient (Wildman–Crippen LogP) is 0.930. The summed E-state index contributed by atoms with van der Waals surface area (Å²) in [5.41, 5.74) is 0.652. The van der Waals surface area contributed by atoms with Crippen molar-refractivity contribution in [1.82, 2.24) is 10.2 Å². The summed E-state index contributed by atoms with van der Waals surface area (Å²) in [4.78, 5) is 24.6. The zero-order valence-corrected chi connectivity index (χ0v) is 14.0. The van der Waals surface area contributed by atoms with E-state index in [0.29, 0.717) is 22.8 Å². The molecule has 23 heavy (non-hydrogen) atoms. The number of hydrogen-bond acceptors (Lipinski definition) is 5. The largest absolute Gasteiger partial charge is 0.496 e. The number of nitrogens with zero attached hydrogens (tertiary/aromatic N) is 1. The SMILES string of the molecule is COc1cc(OC)c(OC)cc1/C=C/C(=O)NCC(=O)N(C)C. The summed E-state index contributed by atoms with van der Waals surface area (Å²) < 4.78 is 15.7. The van der Waals surface area contributed by atoms with E-state index in [1.165, 1.54) is 32.3 Å². The van der Waals surface area contributed by atoms with E-state index >= 15 is 0 Å². The molecule has 1 aromatic carbocycles. The van der Waals surface area contributed by atoms with Crippen molar-refractivity contribution >= 4 is 17.9 Å². The maximum Gasteiger partial charge on any atom is 0.244 e. The van der Waals surface area contributed by atoms with E-state index in [1.807, 2.05) is 0 Å². The Hall–Kier alpha value is -2.70. The Morgan fingerprint density at radius 3 is 2.13 bits per heavy atom. The second-order valence-corrected chi connectivity index (χ2v) is 4.79. The Balaban J connectivity index is 2.86. The minimum Gasteiger partial charge on any atom is -0.496 e. The van der Waals surface area contributed by atoms with Crippen molar-refractivity contribution in [3.63, 3.8) is 0 Å². The second kappa shape index (κ2) is 8.67. The first-order valence-corrected chi connectivity index (χ1v) is 6.89. The van der Waals surface area contributed by atoms with E-state index in [1.54, 1.807) is 32.3 Å². The van der Waals surface area contributed by atoms with Crippen LogP contribution in [0.5, 0.6) is 17.2 Å². The second-order valence-electron chi connectivity index (χ2n) is 4.79. The van der Waals surface area contributed by atoms with Crippen molar-refractivity contribution < 1.29 is 23.8 Å². The van der Waals surface area contributed by atoms with Crippen LogP contribution in [0.3, 0.4) is 0 Å². The number of rotatable bonds is 7. The van der Waals surface area contributed by atoms with E-state index in [4.69, 9.17) is 14.2 Å². The van der Waals surface area contributed by atoms with Gasteiger partial charge in [-0.15, -0.1) is 0 Å². The molecule has 7 heteroatoms. The highest BCUT2D eigenvalue weighted by Crippen LogP contribution is 2.35. The summed E-state index contributed by atoms with van der Waals surface area (Å²) in [5.74, 6) is 1.03. The third kappa shape index (κ3) is 5.21. The molecule has 0 aromatic heterocycles. The fourth-order valence-corrected chi connectivity index (χ4v) is 1.73. The third-order valence-electron chi connectivity index (χ3n) is 3.06. The molecular weight excluding hydrogens is 300 g/mol. The van der Waals surface area contributed by atoms with Crippen LogP contribution >= 0.6 is 0 Å². The molecule has 126 valence electrons. The molecule has 0 aliphatic carbocycles. The fraction of sp³-hybridized carbons (Fsp3) is 0.375. The summed E-state index contributed by atoms with van der Waals surface area (Å²) in [5, 5.41) is 2.51. The maximum atomic E-state index is 11.8. The minimum absolute atomic E-state index is 0.0563. The molecule has 1 aromatic rings. The van der Waals surface area contributed by atoms with E-state index < -0.39 is 0 Å². The molecule has 7 nitrogen and oxygen atoms in total. The van der Waals surface area contributed by atoms with Gasteiger partial charge in [0.1, 0.15) is 5.75 Å². The van der Waals surface area contributed by atoms with Crippen molar-refractivity contribution in [2.75, 3.05) is 42.0 Å². The monoisotopic (exact) mass is 322 g/mol. The number of hydrogen-bond donors (Lipinski definition) is 1. The number of methoxy groups -OCH3 is 3. The Bertz CT molecular complexity index is 596. The smallest absolute Gasteiger partial charge is 0.244 e. The van der Waals surface area contributed by atoms with Gasteiger partial charge < -0.3 is 24.4 Å². The van der Waals surface area contributed by atoms with Crippen LogP contribution in [-0.2, 0) is 9.59 Å². The maximum absolute atomic E-state index is 11.8. The molecule has 0 fully saturated rings. The normalized spacial score (nSPS) is 10.3. The first-order valence-electron chi connectivity index (χ1n) is 6.89. The van der Waals surface area contributed by atoms with Gasteiger partial charge in [0.05, 0.1) is 27.9 Å². The first kappa shape index (κ1) is 18.3. The summed E-state index contributed by atoms with van der Waals surface area (Å²) >= 11 is 0. The van der Waals surface area contributed by atoms with Crippen LogP contribution in [0.4, 0.5) is 0 Å². The van der Waals surface area contributed by atoms with Crippen molar-refractivity contribution in [3.05, 3.63) is 23.8 Å². The Morgan fingerprint density at radius 2 is 1.61 bits per heavy atom. The predicted molar refractivity (Wildman–Crippen MR) is 86.8 cm³/mol. The van der Waals surface area contributed by atoms with Gasteiger partial charge in [-0.05, 0) is 12.1 Å². The lowest BCUT2D eigenvalue weighted by atomic mass is 10.1. The van der Waals surface area contributed by atoms with Crippen LogP contribution in [0.15, 0.2) is 18.2 Å². The molecule has 0 saturated heterocycles. The molecule has 0 saturated carbocycles. The molecule has 0 unspecified atom stereocenters. The van der Waals surface area contributed by atoms with Crippen LogP contribution in [0.25, 0.3) is 6.08 Å². The summed E-state index contributed by atoms with van der Waals surface area (Å²) in [6.45, 7) is -0.0563. The standard InChI is InChI=1S/C16H22N2O5/c1-18(2)16(20)10-17-15(19)7-6-11-8-13(22-4)14(23-5)9-12(11)21-3/h6-9H,10H2,1-5H3,(H,17,19)/b7-6+. The van der Waals surface area contributed by atoms with E-state index in [0.717, 1.165) is 0 Å². The number of carbonyl (C=O) groups excluding carboxylic acids is 2. The van der Waals surface area contributed by atoms with Crippen molar-refractivity contribution in [3.8, 4) is 17.2 Å². The van der Waals surface area contributed by atoms with E-state index in [9.17, 15) is 9.59 Å². The molecule has 0 spiro atoms. The number of likely N-dealkylation sites (N-methyl/N-ethyl adjacent to an activating group) is 1.